The van der Waals surface area contributed by atoms with Crippen molar-refractivity contribution in [3.8, 4) is 11.3 Å². The third-order valence-corrected chi connectivity index (χ3v) is 6.17. The maximum Gasteiger partial charge on any atom is 0.338 e. The van der Waals surface area contributed by atoms with E-state index >= 15 is 0 Å². The number of carboxylic acids is 1. The Morgan fingerprint density at radius 3 is 2.52 bits per heavy atom. The van der Waals surface area contributed by atoms with Crippen molar-refractivity contribution < 1.29 is 9.90 Å². The number of allylic oxidation sites excluding steroid dienone is 4. The third kappa shape index (κ3) is 3.72. The molecule has 0 spiro atoms. The number of aromatic carboxylic acids is 1. The van der Waals surface area contributed by atoms with Gasteiger partial charge in [0, 0.05) is 55.2 Å². The van der Waals surface area contributed by atoms with Gasteiger partial charge in [-0.25, -0.2) is 4.79 Å². The molecule has 0 unspecified atom stereocenters. The van der Waals surface area contributed by atoms with Crippen LogP contribution in [0.5, 0.6) is 0 Å². The lowest BCUT2D eigenvalue weighted by molar-refractivity contribution is 0.0695. The summed E-state index contributed by atoms with van der Waals surface area (Å²) in [5.41, 5.74) is 6.10. The van der Waals surface area contributed by atoms with Crippen molar-refractivity contribution in [3.63, 3.8) is 0 Å². The first kappa shape index (κ1) is 19.8. The van der Waals surface area contributed by atoms with Crippen molar-refractivity contribution in [2.24, 2.45) is 7.05 Å². The van der Waals surface area contributed by atoms with Crippen molar-refractivity contribution in [2.45, 2.75) is 19.8 Å². The summed E-state index contributed by atoms with van der Waals surface area (Å²) >= 11 is 6.09. The molecule has 1 saturated heterocycles. The Labute approximate surface area is 176 Å². The van der Waals surface area contributed by atoms with Gasteiger partial charge in [0.1, 0.15) is 0 Å². The number of piperazine rings is 1. The van der Waals surface area contributed by atoms with Crippen LogP contribution in [0.25, 0.3) is 16.8 Å². The summed E-state index contributed by atoms with van der Waals surface area (Å²) in [5.74, 6) is -0.892. The molecule has 0 amide bonds. The summed E-state index contributed by atoms with van der Waals surface area (Å²) in [5, 5.41) is 14.1. The molecular weight excluding hydrogens is 386 g/mol. The molecule has 1 aromatic carbocycles. The van der Waals surface area contributed by atoms with E-state index in [0.29, 0.717) is 10.6 Å². The molecule has 1 aliphatic carbocycles. The van der Waals surface area contributed by atoms with Crippen LogP contribution in [0, 0.1) is 6.92 Å². The van der Waals surface area contributed by atoms with Gasteiger partial charge in [-0.15, -0.1) is 0 Å². The second kappa shape index (κ2) is 8.09. The first-order valence-electron chi connectivity index (χ1n) is 10.0. The maximum absolute atomic E-state index is 12.2. The molecule has 1 aromatic heterocycles. The molecule has 2 heterocycles. The van der Waals surface area contributed by atoms with Gasteiger partial charge in [-0.3, -0.25) is 0 Å². The largest absolute Gasteiger partial charge is 0.478 e. The van der Waals surface area contributed by atoms with Crippen LogP contribution in [0.3, 0.4) is 0 Å². The smallest absolute Gasteiger partial charge is 0.338 e. The number of nitrogens with zero attached hydrogens (tertiary/aromatic N) is 2. The van der Waals surface area contributed by atoms with Crippen molar-refractivity contribution in [1.29, 1.82) is 0 Å². The number of aromatic nitrogens is 1. The molecule has 0 saturated carbocycles. The molecule has 2 aromatic rings. The molecule has 5 nitrogen and oxygen atoms in total. The van der Waals surface area contributed by atoms with Crippen LogP contribution in [0.2, 0.25) is 5.02 Å². The Bertz CT molecular complexity index is 996. The highest BCUT2D eigenvalue weighted by Gasteiger charge is 2.27. The van der Waals surface area contributed by atoms with Crippen LogP contribution < -0.4 is 5.32 Å². The fourth-order valence-corrected chi connectivity index (χ4v) is 4.48. The number of hydrogen-bond acceptors (Lipinski definition) is 3. The predicted molar refractivity (Wildman–Crippen MR) is 117 cm³/mol. The molecule has 2 aliphatic rings. The van der Waals surface area contributed by atoms with Gasteiger partial charge >= 0.3 is 5.97 Å². The molecule has 4 rings (SSSR count). The summed E-state index contributed by atoms with van der Waals surface area (Å²) in [7, 11) is 1.93. The van der Waals surface area contributed by atoms with Gasteiger partial charge in [-0.1, -0.05) is 29.8 Å². The monoisotopic (exact) mass is 411 g/mol. The van der Waals surface area contributed by atoms with E-state index in [9.17, 15) is 9.90 Å². The van der Waals surface area contributed by atoms with Crippen molar-refractivity contribution in [3.05, 3.63) is 64.0 Å². The minimum absolute atomic E-state index is 0.376. The molecule has 6 heteroatoms. The number of rotatable bonds is 4. The Hall–Kier alpha value is -2.50. The summed E-state index contributed by atoms with van der Waals surface area (Å²) < 4.78 is 1.98. The van der Waals surface area contributed by atoms with E-state index in [1.807, 2.05) is 42.8 Å². The number of carbonyl (C=O) groups is 1. The molecule has 1 fully saturated rings. The van der Waals surface area contributed by atoms with Gasteiger partial charge < -0.3 is 19.9 Å². The summed E-state index contributed by atoms with van der Waals surface area (Å²) in [6, 6.07) is 7.61. The minimum Gasteiger partial charge on any atom is -0.478 e. The highest BCUT2D eigenvalue weighted by Crippen LogP contribution is 2.39. The van der Waals surface area contributed by atoms with Gasteiger partial charge in [0.2, 0.25) is 0 Å². The quantitative estimate of drug-likeness (QED) is 0.786. The first-order chi connectivity index (χ1) is 14.0. The Balaban J connectivity index is 1.86. The van der Waals surface area contributed by atoms with E-state index in [-0.39, 0.29) is 0 Å². The van der Waals surface area contributed by atoms with E-state index < -0.39 is 5.97 Å². The summed E-state index contributed by atoms with van der Waals surface area (Å²) in [4.78, 5) is 14.6. The zero-order valence-electron chi connectivity index (χ0n) is 16.8. The van der Waals surface area contributed by atoms with Crippen LogP contribution >= 0.6 is 11.6 Å². The normalized spacial score (nSPS) is 17.1. The third-order valence-electron chi connectivity index (χ3n) is 5.92. The molecule has 2 N–H and O–H groups in total. The van der Waals surface area contributed by atoms with Gasteiger partial charge in [-0.2, -0.15) is 0 Å². The lowest BCUT2D eigenvalue weighted by Crippen LogP contribution is -2.43. The second-order valence-corrected chi connectivity index (χ2v) is 8.06. The molecule has 0 bridgehead atoms. The number of benzene rings is 1. The fraction of sp³-hybridized carbons (Fsp3) is 0.348. The van der Waals surface area contributed by atoms with Crippen LogP contribution in [0.15, 0.2) is 42.1 Å². The first-order valence-corrected chi connectivity index (χ1v) is 10.4. The van der Waals surface area contributed by atoms with Gasteiger partial charge in [0.25, 0.3) is 0 Å². The fourth-order valence-electron chi connectivity index (χ4n) is 4.35. The average molecular weight is 412 g/mol. The molecule has 1 aliphatic heterocycles. The van der Waals surface area contributed by atoms with Crippen molar-refractivity contribution >= 4 is 23.1 Å². The van der Waals surface area contributed by atoms with Crippen LogP contribution in [-0.4, -0.2) is 46.7 Å². The van der Waals surface area contributed by atoms with Gasteiger partial charge in [0.05, 0.1) is 11.3 Å². The molecule has 0 radical (unpaired) electrons. The topological polar surface area (TPSA) is 57.5 Å². The lowest BCUT2D eigenvalue weighted by atomic mass is 9.91. The average Bonchev–Trinajstić information content (AvgIpc) is 3.00. The Kier molecular flexibility index (Phi) is 5.52. The van der Waals surface area contributed by atoms with Gasteiger partial charge in [-0.05, 0) is 49.1 Å². The molecule has 0 atom stereocenters. The Morgan fingerprint density at radius 1 is 1.17 bits per heavy atom. The number of hydrogen-bond donors (Lipinski definition) is 2. The Morgan fingerprint density at radius 2 is 1.86 bits per heavy atom. The number of nitrogens with one attached hydrogen (secondary N) is 1. The zero-order chi connectivity index (χ0) is 20.5. The SMILES string of the molecule is Cc1c(C(=O)O)c(C2=CCCC(N3CCNCC3)=C2)c(-c2ccc(Cl)cc2)n1C. The van der Waals surface area contributed by atoms with Crippen molar-refractivity contribution in [1.82, 2.24) is 14.8 Å². The molecule has 29 heavy (non-hydrogen) atoms. The van der Waals surface area contributed by atoms with Crippen LogP contribution in [0.1, 0.15) is 34.5 Å². The lowest BCUT2D eigenvalue weighted by Gasteiger charge is -2.33. The summed E-state index contributed by atoms with van der Waals surface area (Å²) in [6.45, 7) is 5.82. The van der Waals surface area contributed by atoms with E-state index in [2.05, 4.69) is 22.4 Å². The highest BCUT2D eigenvalue weighted by molar-refractivity contribution is 6.30. The molecule has 152 valence electrons. The summed E-state index contributed by atoms with van der Waals surface area (Å²) in [6.07, 6.45) is 6.27. The highest BCUT2D eigenvalue weighted by atomic mass is 35.5. The van der Waals surface area contributed by atoms with Gasteiger partial charge in [0.15, 0.2) is 0 Å². The molecular formula is C23H26ClN3O2. The second-order valence-electron chi connectivity index (χ2n) is 7.63. The standard InChI is InChI=1S/C23H26ClN3O2/c1-15-20(23(28)29)21(22(26(15)2)16-6-8-18(24)9-7-16)17-4-3-5-19(14-17)27-12-10-25-11-13-27/h4,6-9,14,25H,3,5,10-13H2,1-2H3,(H,28,29). The van der Waals surface area contributed by atoms with E-state index in [1.54, 1.807) is 0 Å². The van der Waals surface area contributed by atoms with Crippen LogP contribution in [-0.2, 0) is 7.05 Å². The van der Waals surface area contributed by atoms with E-state index in [1.165, 1.54) is 5.70 Å². The maximum atomic E-state index is 12.2. The van der Waals surface area contributed by atoms with E-state index in [0.717, 1.165) is 67.1 Å². The predicted octanol–water partition coefficient (Wildman–Crippen LogP) is 4.32. The number of halogens is 1. The minimum atomic E-state index is -0.892. The van der Waals surface area contributed by atoms with Crippen molar-refractivity contribution in [2.75, 3.05) is 26.2 Å². The zero-order valence-corrected chi connectivity index (χ0v) is 17.6. The van der Waals surface area contributed by atoms with Crippen LogP contribution in [0.4, 0.5) is 0 Å². The van der Waals surface area contributed by atoms with E-state index in [4.69, 9.17) is 11.6 Å². The number of carboxylic acid groups (broad SMARTS) is 1.